The summed E-state index contributed by atoms with van der Waals surface area (Å²) >= 11 is 1.33. The quantitative estimate of drug-likeness (QED) is 0.542. The number of nitrogens with zero attached hydrogens (tertiary/aromatic N) is 1. The van der Waals surface area contributed by atoms with Crippen molar-refractivity contribution in [2.24, 2.45) is 0 Å². The van der Waals surface area contributed by atoms with Crippen LogP contribution < -0.4 is 11.1 Å². The van der Waals surface area contributed by atoms with Gasteiger partial charge in [-0.15, -0.1) is 11.3 Å². The Labute approximate surface area is 149 Å². The molecule has 0 aliphatic heterocycles. The third-order valence-corrected chi connectivity index (χ3v) is 5.46. The van der Waals surface area contributed by atoms with Gasteiger partial charge in [0.1, 0.15) is 9.71 Å². The fourth-order valence-corrected chi connectivity index (χ4v) is 3.91. The molecular weight excluding hydrogens is 330 g/mol. The van der Waals surface area contributed by atoms with Gasteiger partial charge in [-0.1, -0.05) is 36.4 Å². The third kappa shape index (κ3) is 2.62. The number of amides is 1. The molecule has 0 unspecified atom stereocenters. The molecule has 5 heteroatoms. The Morgan fingerprint density at radius 3 is 2.64 bits per heavy atom. The van der Waals surface area contributed by atoms with E-state index in [1.165, 1.54) is 11.3 Å². The fraction of sp³-hybridized carbons (Fsp3) is 0.100. The smallest absolute Gasteiger partial charge is 0.267 e. The van der Waals surface area contributed by atoms with Gasteiger partial charge in [-0.25, -0.2) is 4.98 Å². The molecule has 2 aromatic heterocycles. The van der Waals surface area contributed by atoms with E-state index in [9.17, 15) is 4.79 Å². The van der Waals surface area contributed by atoms with Gasteiger partial charge in [0.05, 0.1) is 11.2 Å². The summed E-state index contributed by atoms with van der Waals surface area (Å²) in [7, 11) is 0. The van der Waals surface area contributed by atoms with Gasteiger partial charge in [0.2, 0.25) is 0 Å². The van der Waals surface area contributed by atoms with Crippen molar-refractivity contribution in [3.8, 4) is 0 Å². The zero-order valence-corrected chi connectivity index (χ0v) is 14.8. The summed E-state index contributed by atoms with van der Waals surface area (Å²) < 4.78 is 0. The van der Waals surface area contributed by atoms with Crippen LogP contribution in [0.15, 0.2) is 48.5 Å². The summed E-state index contributed by atoms with van der Waals surface area (Å²) in [6, 6.07) is 15.7. The first kappa shape index (κ1) is 15.6. The van der Waals surface area contributed by atoms with Crippen molar-refractivity contribution >= 4 is 49.7 Å². The highest BCUT2D eigenvalue weighted by atomic mass is 32.1. The number of nitrogen functional groups attached to an aromatic ring is 1. The number of carbonyl (C=O) groups excluding carboxylic acids is 1. The number of para-hydroxylation sites is 2. The van der Waals surface area contributed by atoms with Crippen molar-refractivity contribution in [1.29, 1.82) is 0 Å². The molecule has 0 radical (unpaired) electrons. The number of hydrogen-bond donors (Lipinski definition) is 2. The number of aromatic nitrogens is 1. The molecule has 25 heavy (non-hydrogen) atoms. The average molecular weight is 347 g/mol. The molecule has 3 N–H and O–H groups in total. The molecule has 4 aromatic rings. The minimum atomic E-state index is -0.199. The van der Waals surface area contributed by atoms with Crippen LogP contribution in [0.4, 0.5) is 11.4 Å². The maximum atomic E-state index is 12.7. The van der Waals surface area contributed by atoms with Crippen LogP contribution in [0.2, 0.25) is 0 Å². The number of aryl methyl sites for hydroxylation is 2. The maximum absolute atomic E-state index is 12.7. The highest BCUT2D eigenvalue weighted by molar-refractivity contribution is 7.21. The van der Waals surface area contributed by atoms with Crippen LogP contribution in [0, 0.1) is 13.8 Å². The van der Waals surface area contributed by atoms with Gasteiger partial charge in [-0.2, -0.15) is 0 Å². The monoisotopic (exact) mass is 347 g/mol. The van der Waals surface area contributed by atoms with E-state index in [1.54, 1.807) is 0 Å². The average Bonchev–Trinajstić information content (AvgIpc) is 2.92. The van der Waals surface area contributed by atoms with E-state index in [0.717, 1.165) is 37.9 Å². The molecule has 4 rings (SSSR count). The van der Waals surface area contributed by atoms with E-state index in [1.807, 2.05) is 62.4 Å². The van der Waals surface area contributed by atoms with Crippen molar-refractivity contribution in [1.82, 2.24) is 4.98 Å². The second kappa shape index (κ2) is 5.86. The number of anilines is 2. The van der Waals surface area contributed by atoms with Crippen LogP contribution in [0.1, 0.15) is 20.8 Å². The number of hydrogen-bond acceptors (Lipinski definition) is 4. The predicted octanol–water partition coefficient (Wildman–Crippen LogP) is 4.90. The van der Waals surface area contributed by atoms with Gasteiger partial charge < -0.3 is 11.1 Å². The standard InChI is InChI=1S/C20H17N3OS/c1-11-6-3-4-9-15(11)22-19(24)18-16(21)14-10-13-8-5-7-12(2)17(13)23-20(14)25-18/h3-10H,21H2,1-2H3,(H,22,24). The number of fused-ring (bicyclic) bond motifs is 2. The molecule has 0 spiro atoms. The summed E-state index contributed by atoms with van der Waals surface area (Å²) in [5, 5.41) is 4.81. The van der Waals surface area contributed by atoms with Crippen LogP contribution in [0.3, 0.4) is 0 Å². The molecule has 0 saturated carbocycles. The molecular formula is C20H17N3OS. The van der Waals surface area contributed by atoms with Gasteiger partial charge in [0, 0.05) is 16.5 Å². The van der Waals surface area contributed by atoms with Crippen LogP contribution in [-0.2, 0) is 0 Å². The second-order valence-electron chi connectivity index (χ2n) is 6.10. The number of thiophene rings is 1. The molecule has 0 fully saturated rings. The Kier molecular flexibility index (Phi) is 3.66. The van der Waals surface area contributed by atoms with Crippen LogP contribution in [0.25, 0.3) is 21.1 Å². The first-order valence-electron chi connectivity index (χ1n) is 8.00. The Morgan fingerprint density at radius 2 is 1.84 bits per heavy atom. The Hall–Kier alpha value is -2.92. The Bertz CT molecular complexity index is 1130. The minimum absolute atomic E-state index is 0.199. The number of carbonyl (C=O) groups is 1. The lowest BCUT2D eigenvalue weighted by molar-refractivity contribution is 0.103. The predicted molar refractivity (Wildman–Crippen MR) is 105 cm³/mol. The Balaban J connectivity index is 1.81. The molecule has 0 aliphatic rings. The lowest BCUT2D eigenvalue weighted by atomic mass is 10.1. The van der Waals surface area contributed by atoms with Crippen LogP contribution in [0.5, 0.6) is 0 Å². The van der Waals surface area contributed by atoms with E-state index in [4.69, 9.17) is 10.7 Å². The summed E-state index contributed by atoms with van der Waals surface area (Å²) in [5.41, 5.74) is 10.6. The summed E-state index contributed by atoms with van der Waals surface area (Å²) in [4.78, 5) is 18.7. The molecule has 0 bridgehead atoms. The maximum Gasteiger partial charge on any atom is 0.267 e. The van der Waals surface area contributed by atoms with Gasteiger partial charge in [0.15, 0.2) is 0 Å². The number of nitrogens with one attached hydrogen (secondary N) is 1. The van der Waals surface area contributed by atoms with Crippen molar-refractivity contribution in [3.05, 3.63) is 64.5 Å². The number of benzene rings is 2. The second-order valence-corrected chi connectivity index (χ2v) is 7.10. The first-order valence-corrected chi connectivity index (χ1v) is 8.81. The van der Waals surface area contributed by atoms with E-state index < -0.39 is 0 Å². The minimum Gasteiger partial charge on any atom is -0.397 e. The normalized spacial score (nSPS) is 11.1. The van der Waals surface area contributed by atoms with Crippen molar-refractivity contribution in [2.75, 3.05) is 11.1 Å². The highest BCUT2D eigenvalue weighted by Gasteiger charge is 2.18. The highest BCUT2D eigenvalue weighted by Crippen LogP contribution is 2.35. The zero-order valence-electron chi connectivity index (χ0n) is 14.0. The fourth-order valence-electron chi connectivity index (χ4n) is 2.94. The molecule has 2 heterocycles. The van der Waals surface area contributed by atoms with Crippen LogP contribution >= 0.6 is 11.3 Å². The molecule has 0 aliphatic carbocycles. The largest absolute Gasteiger partial charge is 0.397 e. The number of rotatable bonds is 2. The van der Waals surface area contributed by atoms with E-state index >= 15 is 0 Å². The summed E-state index contributed by atoms with van der Waals surface area (Å²) in [5.74, 6) is -0.199. The number of nitrogens with two attached hydrogens (primary N) is 1. The van der Waals surface area contributed by atoms with Crippen molar-refractivity contribution in [2.45, 2.75) is 13.8 Å². The van der Waals surface area contributed by atoms with Gasteiger partial charge >= 0.3 is 0 Å². The van der Waals surface area contributed by atoms with Gasteiger partial charge in [0.25, 0.3) is 5.91 Å². The molecule has 0 saturated heterocycles. The van der Waals surface area contributed by atoms with Crippen molar-refractivity contribution in [3.63, 3.8) is 0 Å². The summed E-state index contributed by atoms with van der Waals surface area (Å²) in [6.45, 7) is 3.99. The van der Waals surface area contributed by atoms with E-state index in [0.29, 0.717) is 10.6 Å². The molecule has 2 aromatic carbocycles. The SMILES string of the molecule is Cc1ccccc1NC(=O)c1sc2nc3c(C)cccc3cc2c1N. The van der Waals surface area contributed by atoms with Crippen molar-refractivity contribution < 1.29 is 4.79 Å². The lowest BCUT2D eigenvalue weighted by Gasteiger charge is -2.07. The lowest BCUT2D eigenvalue weighted by Crippen LogP contribution is -2.12. The van der Waals surface area contributed by atoms with Gasteiger partial charge in [-0.05, 0) is 37.1 Å². The topological polar surface area (TPSA) is 68.0 Å². The molecule has 0 atom stereocenters. The van der Waals surface area contributed by atoms with E-state index in [-0.39, 0.29) is 5.91 Å². The molecule has 1 amide bonds. The molecule has 4 nitrogen and oxygen atoms in total. The molecule has 124 valence electrons. The Morgan fingerprint density at radius 1 is 1.08 bits per heavy atom. The third-order valence-electron chi connectivity index (χ3n) is 4.35. The first-order chi connectivity index (χ1) is 12.0. The zero-order chi connectivity index (χ0) is 17.6. The number of pyridine rings is 1. The van der Waals surface area contributed by atoms with Crippen LogP contribution in [-0.4, -0.2) is 10.9 Å². The summed E-state index contributed by atoms with van der Waals surface area (Å²) in [6.07, 6.45) is 0. The van der Waals surface area contributed by atoms with E-state index in [2.05, 4.69) is 5.32 Å². The van der Waals surface area contributed by atoms with Gasteiger partial charge in [-0.3, -0.25) is 4.79 Å².